The van der Waals surface area contributed by atoms with Gasteiger partial charge in [-0.1, -0.05) is 11.6 Å². The Morgan fingerprint density at radius 1 is 1.39 bits per heavy atom. The molecule has 124 valence electrons. The molecule has 0 radical (unpaired) electrons. The molecule has 3 rings (SSSR count). The van der Waals surface area contributed by atoms with Crippen LogP contribution in [0.4, 0.5) is 5.69 Å². The molecule has 7 heteroatoms. The summed E-state index contributed by atoms with van der Waals surface area (Å²) >= 11 is 6.03. The third-order valence-electron chi connectivity index (χ3n) is 4.15. The van der Waals surface area contributed by atoms with Crippen LogP contribution in [-0.2, 0) is 9.59 Å². The van der Waals surface area contributed by atoms with Crippen LogP contribution in [0.1, 0.15) is 13.3 Å². The number of benzene rings is 1. The zero-order chi connectivity index (χ0) is 16.4. The number of carbonyl (C=O) groups excluding carboxylic acids is 2. The normalized spacial score (nSPS) is 21.0. The summed E-state index contributed by atoms with van der Waals surface area (Å²) < 4.78 is 5.60. The molecule has 23 heavy (non-hydrogen) atoms. The number of ether oxygens (including phenoxy) is 1. The lowest BCUT2D eigenvalue weighted by atomic mass is 10.1. The summed E-state index contributed by atoms with van der Waals surface area (Å²) in [7, 11) is 0. The van der Waals surface area contributed by atoms with Crippen LogP contribution in [0, 0.1) is 0 Å². The van der Waals surface area contributed by atoms with Gasteiger partial charge in [-0.15, -0.1) is 0 Å². The molecule has 1 aromatic rings. The first-order chi connectivity index (χ1) is 11.1. The van der Waals surface area contributed by atoms with E-state index in [4.69, 9.17) is 16.3 Å². The van der Waals surface area contributed by atoms with Gasteiger partial charge in [-0.3, -0.25) is 9.59 Å². The van der Waals surface area contributed by atoms with Crippen LogP contribution in [0.3, 0.4) is 0 Å². The van der Waals surface area contributed by atoms with Gasteiger partial charge in [0.2, 0.25) is 5.91 Å². The maximum absolute atomic E-state index is 12.4. The van der Waals surface area contributed by atoms with E-state index in [0.29, 0.717) is 42.5 Å². The van der Waals surface area contributed by atoms with Gasteiger partial charge in [0.15, 0.2) is 6.10 Å². The molecule has 1 atom stereocenters. The number of rotatable bonds is 3. The van der Waals surface area contributed by atoms with Crippen LogP contribution in [0.5, 0.6) is 5.75 Å². The number of hydrogen-bond donors (Lipinski definition) is 1. The summed E-state index contributed by atoms with van der Waals surface area (Å²) in [4.78, 5) is 28.2. The molecule has 1 unspecified atom stereocenters. The standard InChI is InChI=1S/C16H20ClN3O3/c1-11-16(22)20(13-10-12(17)2-3-14(13)23-11)7-4-15(21)19-8-5-18-6-9-19/h2-3,10-11,18H,4-9H2,1H3. The predicted octanol–water partition coefficient (Wildman–Crippen LogP) is 1.28. The number of halogens is 1. The van der Waals surface area contributed by atoms with Crippen LogP contribution in [0.15, 0.2) is 18.2 Å². The maximum atomic E-state index is 12.4. The van der Waals surface area contributed by atoms with E-state index in [-0.39, 0.29) is 11.8 Å². The van der Waals surface area contributed by atoms with Crippen molar-refractivity contribution in [2.24, 2.45) is 0 Å². The summed E-state index contributed by atoms with van der Waals surface area (Å²) in [6, 6.07) is 5.19. The summed E-state index contributed by atoms with van der Waals surface area (Å²) in [5.41, 5.74) is 0.633. The highest BCUT2D eigenvalue weighted by Gasteiger charge is 2.32. The number of hydrogen-bond acceptors (Lipinski definition) is 4. The highest BCUT2D eigenvalue weighted by atomic mass is 35.5. The molecule has 2 amide bonds. The lowest BCUT2D eigenvalue weighted by molar-refractivity contribution is -0.131. The lowest BCUT2D eigenvalue weighted by Gasteiger charge is -2.34. The maximum Gasteiger partial charge on any atom is 0.267 e. The molecule has 2 aliphatic rings. The van der Waals surface area contributed by atoms with Gasteiger partial charge in [-0.25, -0.2) is 0 Å². The average Bonchev–Trinajstić information content (AvgIpc) is 2.56. The quantitative estimate of drug-likeness (QED) is 0.902. The third kappa shape index (κ3) is 3.43. The lowest BCUT2D eigenvalue weighted by Crippen LogP contribution is -2.49. The van der Waals surface area contributed by atoms with Gasteiger partial charge in [0, 0.05) is 44.2 Å². The molecule has 6 nitrogen and oxygen atoms in total. The van der Waals surface area contributed by atoms with Crippen LogP contribution in [0.25, 0.3) is 0 Å². The summed E-state index contributed by atoms with van der Waals surface area (Å²) in [6.07, 6.45) is -0.261. The molecule has 1 fully saturated rings. The summed E-state index contributed by atoms with van der Waals surface area (Å²) in [6.45, 7) is 5.12. The Balaban J connectivity index is 1.72. The fourth-order valence-electron chi connectivity index (χ4n) is 2.89. The Labute approximate surface area is 140 Å². The van der Waals surface area contributed by atoms with Crippen LogP contribution < -0.4 is 15.0 Å². The van der Waals surface area contributed by atoms with E-state index in [1.165, 1.54) is 0 Å². The molecule has 1 saturated heterocycles. The van der Waals surface area contributed by atoms with E-state index in [9.17, 15) is 9.59 Å². The van der Waals surface area contributed by atoms with Crippen LogP contribution in [0.2, 0.25) is 5.02 Å². The molecular formula is C16H20ClN3O3. The Hall–Kier alpha value is -1.79. The Kier molecular flexibility index (Phi) is 4.73. The number of piperazine rings is 1. The largest absolute Gasteiger partial charge is 0.479 e. The molecule has 0 aliphatic carbocycles. The Bertz CT molecular complexity index is 617. The predicted molar refractivity (Wildman–Crippen MR) is 88.0 cm³/mol. The zero-order valence-electron chi connectivity index (χ0n) is 13.0. The van der Waals surface area contributed by atoms with Crippen LogP contribution in [-0.4, -0.2) is 55.5 Å². The van der Waals surface area contributed by atoms with Crippen molar-refractivity contribution < 1.29 is 14.3 Å². The average molecular weight is 338 g/mol. The minimum Gasteiger partial charge on any atom is -0.479 e. The van der Waals surface area contributed by atoms with Crippen molar-refractivity contribution in [3.05, 3.63) is 23.2 Å². The fourth-order valence-corrected chi connectivity index (χ4v) is 3.06. The number of amides is 2. The summed E-state index contributed by atoms with van der Waals surface area (Å²) in [5, 5.41) is 3.75. The van der Waals surface area contributed by atoms with E-state index in [1.54, 1.807) is 30.0 Å². The number of carbonyl (C=O) groups is 2. The SMILES string of the molecule is CC1Oc2ccc(Cl)cc2N(CCC(=O)N2CCNCC2)C1=O. The van der Waals surface area contributed by atoms with Gasteiger partial charge in [0.05, 0.1) is 5.69 Å². The van der Waals surface area contributed by atoms with Crippen molar-refractivity contribution >= 4 is 29.1 Å². The van der Waals surface area contributed by atoms with E-state index < -0.39 is 6.10 Å². The number of anilines is 1. The van der Waals surface area contributed by atoms with Crippen molar-refractivity contribution in [2.75, 3.05) is 37.6 Å². The first kappa shape index (κ1) is 16.1. The smallest absolute Gasteiger partial charge is 0.267 e. The third-order valence-corrected chi connectivity index (χ3v) is 4.38. The second-order valence-electron chi connectivity index (χ2n) is 5.74. The monoisotopic (exact) mass is 337 g/mol. The van der Waals surface area contributed by atoms with Crippen molar-refractivity contribution in [2.45, 2.75) is 19.4 Å². The minimum absolute atomic E-state index is 0.0713. The number of fused-ring (bicyclic) bond motifs is 1. The molecule has 0 aromatic heterocycles. The van der Waals surface area contributed by atoms with Crippen LogP contribution >= 0.6 is 11.6 Å². The molecule has 0 spiro atoms. The molecule has 2 heterocycles. The fraction of sp³-hybridized carbons (Fsp3) is 0.500. The minimum atomic E-state index is -0.557. The van der Waals surface area contributed by atoms with Gasteiger partial charge in [0.25, 0.3) is 5.91 Å². The molecule has 0 saturated carbocycles. The highest BCUT2D eigenvalue weighted by molar-refractivity contribution is 6.31. The van der Waals surface area contributed by atoms with Gasteiger partial charge in [-0.05, 0) is 25.1 Å². The van der Waals surface area contributed by atoms with Gasteiger partial charge >= 0.3 is 0 Å². The Morgan fingerprint density at radius 2 is 2.13 bits per heavy atom. The Morgan fingerprint density at radius 3 is 2.87 bits per heavy atom. The molecule has 1 aromatic carbocycles. The van der Waals surface area contributed by atoms with E-state index >= 15 is 0 Å². The number of nitrogens with one attached hydrogen (secondary N) is 1. The van der Waals surface area contributed by atoms with Crippen molar-refractivity contribution in [3.8, 4) is 5.75 Å². The summed E-state index contributed by atoms with van der Waals surface area (Å²) in [5.74, 6) is 0.547. The highest BCUT2D eigenvalue weighted by Crippen LogP contribution is 2.36. The zero-order valence-corrected chi connectivity index (χ0v) is 13.8. The van der Waals surface area contributed by atoms with Gasteiger partial charge in [-0.2, -0.15) is 0 Å². The van der Waals surface area contributed by atoms with Crippen molar-refractivity contribution in [1.29, 1.82) is 0 Å². The first-order valence-electron chi connectivity index (χ1n) is 7.82. The van der Waals surface area contributed by atoms with E-state index in [0.717, 1.165) is 13.1 Å². The number of nitrogens with zero attached hydrogens (tertiary/aromatic N) is 2. The topological polar surface area (TPSA) is 61.9 Å². The molecule has 1 N–H and O–H groups in total. The van der Waals surface area contributed by atoms with E-state index in [1.807, 2.05) is 4.90 Å². The van der Waals surface area contributed by atoms with Crippen molar-refractivity contribution in [3.63, 3.8) is 0 Å². The second kappa shape index (κ2) is 6.76. The van der Waals surface area contributed by atoms with Gasteiger partial charge in [0.1, 0.15) is 5.75 Å². The first-order valence-corrected chi connectivity index (χ1v) is 8.20. The molecular weight excluding hydrogens is 318 g/mol. The van der Waals surface area contributed by atoms with E-state index in [2.05, 4.69) is 5.32 Å². The molecule has 2 aliphatic heterocycles. The second-order valence-corrected chi connectivity index (χ2v) is 6.18. The molecule has 0 bridgehead atoms. The van der Waals surface area contributed by atoms with Crippen molar-refractivity contribution in [1.82, 2.24) is 10.2 Å². The van der Waals surface area contributed by atoms with Gasteiger partial charge < -0.3 is 19.9 Å².